The fourth-order valence-corrected chi connectivity index (χ4v) is 3.12. The molecule has 0 saturated carbocycles. The third kappa shape index (κ3) is 2.28. The Hall–Kier alpha value is -0.970. The summed E-state index contributed by atoms with van der Waals surface area (Å²) in [6.45, 7) is 2.78. The average molecular weight is 248 g/mol. The number of pyridine rings is 1. The van der Waals surface area contributed by atoms with Gasteiger partial charge in [-0.25, -0.2) is 0 Å². The molecule has 3 atom stereocenters. The van der Waals surface area contributed by atoms with E-state index in [2.05, 4.69) is 16.0 Å². The molecule has 2 aliphatic rings. The molecule has 2 aliphatic heterocycles. The van der Waals surface area contributed by atoms with Crippen LogP contribution in [0.15, 0.2) is 24.5 Å². The summed E-state index contributed by atoms with van der Waals surface area (Å²) in [6, 6.07) is 4.63. The Balaban J connectivity index is 1.72. The van der Waals surface area contributed by atoms with Gasteiger partial charge in [-0.15, -0.1) is 0 Å². The summed E-state index contributed by atoms with van der Waals surface area (Å²) in [5, 5.41) is 0. The second-order valence-corrected chi connectivity index (χ2v) is 5.11. The Labute approximate surface area is 108 Å². The second-order valence-electron chi connectivity index (χ2n) is 5.11. The zero-order valence-electron chi connectivity index (χ0n) is 10.8. The van der Waals surface area contributed by atoms with Gasteiger partial charge in [0.1, 0.15) is 6.10 Å². The van der Waals surface area contributed by atoms with Gasteiger partial charge >= 0.3 is 0 Å². The van der Waals surface area contributed by atoms with Crippen molar-refractivity contribution in [3.05, 3.63) is 30.1 Å². The van der Waals surface area contributed by atoms with Crippen LogP contribution < -0.4 is 0 Å². The molecule has 1 aromatic rings. The Kier molecular flexibility index (Phi) is 3.59. The van der Waals surface area contributed by atoms with Crippen LogP contribution in [0.2, 0.25) is 0 Å². The van der Waals surface area contributed by atoms with Crippen LogP contribution in [0.1, 0.15) is 18.4 Å². The average Bonchev–Trinajstić information content (AvgIpc) is 2.78. The van der Waals surface area contributed by atoms with Crippen molar-refractivity contribution < 1.29 is 9.47 Å². The molecule has 0 unspecified atom stereocenters. The SMILES string of the molecule is CO[C@@H]1CN(Cc2cccnc2)[C@H]2CCCO[C@@H]12. The third-order valence-electron chi connectivity index (χ3n) is 3.99. The highest BCUT2D eigenvalue weighted by molar-refractivity contribution is 5.10. The molecular formula is C14H20N2O2. The number of nitrogens with zero attached hydrogens (tertiary/aromatic N) is 2. The molecule has 0 radical (unpaired) electrons. The Morgan fingerprint density at radius 3 is 3.28 bits per heavy atom. The summed E-state index contributed by atoms with van der Waals surface area (Å²) < 4.78 is 11.5. The molecule has 98 valence electrons. The van der Waals surface area contributed by atoms with Gasteiger partial charge in [0.25, 0.3) is 0 Å². The van der Waals surface area contributed by atoms with Crippen LogP contribution in [0.5, 0.6) is 0 Å². The summed E-state index contributed by atoms with van der Waals surface area (Å²) >= 11 is 0. The van der Waals surface area contributed by atoms with E-state index in [4.69, 9.17) is 9.47 Å². The summed E-state index contributed by atoms with van der Waals surface area (Å²) in [5.74, 6) is 0. The van der Waals surface area contributed by atoms with Gasteiger partial charge in [0, 0.05) is 45.2 Å². The topological polar surface area (TPSA) is 34.6 Å². The van der Waals surface area contributed by atoms with Crippen molar-refractivity contribution in [2.45, 2.75) is 37.6 Å². The first-order valence-electron chi connectivity index (χ1n) is 6.66. The number of hydrogen-bond acceptors (Lipinski definition) is 4. The van der Waals surface area contributed by atoms with Gasteiger partial charge in [-0.1, -0.05) is 6.07 Å². The summed E-state index contributed by atoms with van der Waals surface area (Å²) in [7, 11) is 1.78. The number of rotatable bonds is 3. The fourth-order valence-electron chi connectivity index (χ4n) is 3.12. The lowest BCUT2D eigenvalue weighted by atomic mass is 10.0. The Bertz CT molecular complexity index is 385. The largest absolute Gasteiger partial charge is 0.377 e. The van der Waals surface area contributed by atoms with Crippen LogP contribution in [0, 0.1) is 0 Å². The summed E-state index contributed by atoms with van der Waals surface area (Å²) in [4.78, 5) is 6.66. The Morgan fingerprint density at radius 2 is 2.50 bits per heavy atom. The van der Waals surface area contributed by atoms with Gasteiger partial charge < -0.3 is 9.47 Å². The predicted molar refractivity (Wildman–Crippen MR) is 68.2 cm³/mol. The molecule has 0 bridgehead atoms. The molecular weight excluding hydrogens is 228 g/mol. The quantitative estimate of drug-likeness (QED) is 0.811. The fraction of sp³-hybridized carbons (Fsp3) is 0.643. The van der Waals surface area contributed by atoms with Crippen LogP contribution in [0.25, 0.3) is 0 Å². The number of methoxy groups -OCH3 is 1. The van der Waals surface area contributed by atoms with Crippen LogP contribution in [0.4, 0.5) is 0 Å². The molecule has 3 rings (SSSR count). The van der Waals surface area contributed by atoms with Crippen LogP contribution in [-0.4, -0.2) is 48.4 Å². The van der Waals surface area contributed by atoms with Gasteiger partial charge in [-0.05, 0) is 24.5 Å². The predicted octanol–water partition coefficient (Wildman–Crippen LogP) is 1.46. The maximum absolute atomic E-state index is 5.89. The van der Waals surface area contributed by atoms with Crippen LogP contribution in [-0.2, 0) is 16.0 Å². The number of ether oxygens (including phenoxy) is 2. The smallest absolute Gasteiger partial charge is 0.100 e. The summed E-state index contributed by atoms with van der Waals surface area (Å²) in [5.41, 5.74) is 1.26. The molecule has 2 fully saturated rings. The van der Waals surface area contributed by atoms with E-state index in [1.807, 2.05) is 18.5 Å². The molecule has 4 heteroatoms. The van der Waals surface area contributed by atoms with Crippen molar-refractivity contribution in [3.8, 4) is 0 Å². The minimum absolute atomic E-state index is 0.215. The highest BCUT2D eigenvalue weighted by Gasteiger charge is 2.43. The first kappa shape index (κ1) is 12.1. The highest BCUT2D eigenvalue weighted by Crippen LogP contribution is 2.31. The molecule has 2 saturated heterocycles. The lowest BCUT2D eigenvalue weighted by Gasteiger charge is -2.32. The minimum atomic E-state index is 0.215. The van der Waals surface area contributed by atoms with Crippen molar-refractivity contribution in [1.82, 2.24) is 9.88 Å². The van der Waals surface area contributed by atoms with Crippen molar-refractivity contribution in [2.75, 3.05) is 20.3 Å². The van der Waals surface area contributed by atoms with E-state index in [0.717, 1.165) is 26.1 Å². The first-order valence-corrected chi connectivity index (χ1v) is 6.66. The molecule has 0 aromatic carbocycles. The third-order valence-corrected chi connectivity index (χ3v) is 3.99. The van der Waals surface area contributed by atoms with E-state index in [-0.39, 0.29) is 12.2 Å². The van der Waals surface area contributed by atoms with Crippen LogP contribution >= 0.6 is 0 Å². The number of likely N-dealkylation sites (tertiary alicyclic amines) is 1. The van der Waals surface area contributed by atoms with E-state index in [1.54, 1.807) is 7.11 Å². The van der Waals surface area contributed by atoms with E-state index >= 15 is 0 Å². The zero-order valence-corrected chi connectivity index (χ0v) is 10.8. The van der Waals surface area contributed by atoms with Gasteiger partial charge in [-0.2, -0.15) is 0 Å². The van der Waals surface area contributed by atoms with Gasteiger partial charge in [0.15, 0.2) is 0 Å². The van der Waals surface area contributed by atoms with Crippen molar-refractivity contribution in [3.63, 3.8) is 0 Å². The van der Waals surface area contributed by atoms with E-state index < -0.39 is 0 Å². The first-order chi connectivity index (χ1) is 8.88. The number of aromatic nitrogens is 1. The van der Waals surface area contributed by atoms with E-state index in [9.17, 15) is 0 Å². The minimum Gasteiger partial charge on any atom is -0.377 e. The molecule has 0 spiro atoms. The van der Waals surface area contributed by atoms with Gasteiger partial charge in [0.05, 0.1) is 6.10 Å². The monoisotopic (exact) mass is 248 g/mol. The molecule has 3 heterocycles. The van der Waals surface area contributed by atoms with E-state index in [1.165, 1.54) is 12.0 Å². The molecule has 4 nitrogen and oxygen atoms in total. The Morgan fingerprint density at radius 1 is 1.56 bits per heavy atom. The van der Waals surface area contributed by atoms with Crippen LogP contribution in [0.3, 0.4) is 0 Å². The second kappa shape index (κ2) is 5.34. The highest BCUT2D eigenvalue weighted by atomic mass is 16.5. The summed E-state index contributed by atoms with van der Waals surface area (Å²) in [6.07, 6.45) is 6.59. The molecule has 0 aliphatic carbocycles. The maximum Gasteiger partial charge on any atom is 0.100 e. The lowest BCUT2D eigenvalue weighted by molar-refractivity contribution is -0.0655. The molecule has 18 heavy (non-hydrogen) atoms. The molecule has 1 aromatic heterocycles. The maximum atomic E-state index is 5.89. The standard InChI is InChI=1S/C14H20N2O2/c1-17-13-10-16(9-11-4-2-6-15-8-11)12-5-3-7-18-14(12)13/h2,4,6,8,12-14H,3,5,7,9-10H2,1H3/t12-,13+,14+/m0/s1. The van der Waals surface area contributed by atoms with Crippen molar-refractivity contribution >= 4 is 0 Å². The number of fused-ring (bicyclic) bond motifs is 1. The lowest BCUT2D eigenvalue weighted by Crippen LogP contribution is -2.41. The molecule has 0 amide bonds. The van der Waals surface area contributed by atoms with Gasteiger partial charge in [-0.3, -0.25) is 9.88 Å². The molecule has 0 N–H and O–H groups in total. The normalized spacial score (nSPS) is 32.4. The zero-order chi connectivity index (χ0) is 12.4. The number of hydrogen-bond donors (Lipinski definition) is 0. The van der Waals surface area contributed by atoms with Crippen molar-refractivity contribution in [2.24, 2.45) is 0 Å². The van der Waals surface area contributed by atoms with E-state index in [0.29, 0.717) is 6.04 Å². The van der Waals surface area contributed by atoms with Crippen molar-refractivity contribution in [1.29, 1.82) is 0 Å². The van der Waals surface area contributed by atoms with Gasteiger partial charge in [0.2, 0.25) is 0 Å².